The van der Waals surface area contributed by atoms with E-state index in [2.05, 4.69) is 0 Å². The van der Waals surface area contributed by atoms with Crippen molar-refractivity contribution in [2.24, 2.45) is 10.7 Å². The summed E-state index contributed by atoms with van der Waals surface area (Å²) in [5.74, 6) is 0.246. The van der Waals surface area contributed by atoms with Crippen LogP contribution in [0.1, 0.15) is 30.5 Å². The molecule has 1 aliphatic rings. The van der Waals surface area contributed by atoms with Crippen molar-refractivity contribution in [3.05, 3.63) is 58.0 Å². The number of amides is 2. The highest BCUT2D eigenvalue weighted by atomic mass is 32.2. The number of amidine groups is 1. The predicted octanol–water partition coefficient (Wildman–Crippen LogP) is 4.19. The summed E-state index contributed by atoms with van der Waals surface area (Å²) < 4.78 is 11.1. The highest BCUT2D eigenvalue weighted by Crippen LogP contribution is 2.36. The van der Waals surface area contributed by atoms with Crippen molar-refractivity contribution in [1.29, 1.82) is 0 Å². The van der Waals surface area contributed by atoms with Crippen LogP contribution in [0.3, 0.4) is 0 Å². The molecule has 168 valence electrons. The summed E-state index contributed by atoms with van der Waals surface area (Å²) in [7, 11) is 0. The Hall–Kier alpha value is -3.26. The molecule has 2 N–H and O–H groups in total. The minimum atomic E-state index is -0.568. The number of carbonyl (C=O) groups is 2. The number of nitrogens with zero attached hydrogens (tertiary/aromatic N) is 2. The van der Waals surface area contributed by atoms with Crippen LogP contribution in [0, 0.1) is 13.8 Å². The molecule has 8 heteroatoms. The van der Waals surface area contributed by atoms with Gasteiger partial charge in [0.25, 0.3) is 11.8 Å². The van der Waals surface area contributed by atoms with E-state index in [1.807, 2.05) is 52.0 Å². The van der Waals surface area contributed by atoms with Crippen molar-refractivity contribution >= 4 is 40.5 Å². The molecule has 0 bridgehead atoms. The zero-order valence-corrected chi connectivity index (χ0v) is 19.5. The first-order chi connectivity index (χ1) is 15.3. The summed E-state index contributed by atoms with van der Waals surface area (Å²) in [6, 6.07) is 11.4. The van der Waals surface area contributed by atoms with Gasteiger partial charge in [0.15, 0.2) is 23.3 Å². The molecular weight excluding hydrogens is 426 g/mol. The molecule has 0 atom stereocenters. The summed E-state index contributed by atoms with van der Waals surface area (Å²) >= 11 is 1.35. The topological polar surface area (TPSA) is 94.2 Å². The van der Waals surface area contributed by atoms with Crippen molar-refractivity contribution in [2.75, 3.05) is 19.8 Å². The second-order valence-corrected chi connectivity index (χ2v) is 8.25. The maximum atomic E-state index is 13.0. The molecule has 3 rings (SSSR count). The number of aliphatic imine (C=N–C) groups is 1. The van der Waals surface area contributed by atoms with Gasteiger partial charge in [0.05, 0.1) is 17.2 Å². The summed E-state index contributed by atoms with van der Waals surface area (Å²) in [4.78, 5) is 31.0. The first-order valence-electron chi connectivity index (χ1n) is 10.4. The van der Waals surface area contributed by atoms with Crippen LogP contribution in [0.4, 0.5) is 5.69 Å². The van der Waals surface area contributed by atoms with Crippen LogP contribution >= 0.6 is 11.8 Å². The van der Waals surface area contributed by atoms with Gasteiger partial charge in [-0.1, -0.05) is 18.2 Å². The standard InChI is InChI=1S/C24H27N3O4S/c1-5-27-23(29)21(32-24(27)26-18-11-15(3)7-8-16(18)4)13-17-9-10-19(31-14-22(25)28)20(12-17)30-6-2/h7-13H,5-6,14H2,1-4H3,(H2,25,28)/b21-13+,26-24?. The minimum absolute atomic E-state index is 0.0893. The first-order valence-corrected chi connectivity index (χ1v) is 11.2. The van der Waals surface area contributed by atoms with E-state index in [0.29, 0.717) is 34.7 Å². The number of nitrogens with two attached hydrogens (primary N) is 1. The number of carbonyl (C=O) groups excluding carboxylic acids is 2. The van der Waals surface area contributed by atoms with E-state index in [1.54, 1.807) is 23.1 Å². The molecule has 2 amide bonds. The van der Waals surface area contributed by atoms with Crippen molar-refractivity contribution in [1.82, 2.24) is 4.90 Å². The third-order valence-electron chi connectivity index (χ3n) is 4.72. The summed E-state index contributed by atoms with van der Waals surface area (Å²) in [5, 5.41) is 0.656. The molecular formula is C24H27N3O4S. The van der Waals surface area contributed by atoms with Gasteiger partial charge in [0, 0.05) is 6.54 Å². The lowest BCUT2D eigenvalue weighted by molar-refractivity contribution is -0.122. The number of ether oxygens (including phenoxy) is 2. The normalized spacial score (nSPS) is 16.1. The van der Waals surface area contributed by atoms with Crippen LogP contribution in [-0.4, -0.2) is 41.6 Å². The highest BCUT2D eigenvalue weighted by molar-refractivity contribution is 8.18. The van der Waals surface area contributed by atoms with Gasteiger partial charge in [-0.15, -0.1) is 0 Å². The SMILES string of the molecule is CCOc1cc(/C=C2/SC(=Nc3cc(C)ccc3C)N(CC)C2=O)ccc1OCC(N)=O. The van der Waals surface area contributed by atoms with Crippen molar-refractivity contribution in [3.63, 3.8) is 0 Å². The lowest BCUT2D eigenvalue weighted by atomic mass is 10.1. The third-order valence-corrected chi connectivity index (χ3v) is 5.73. The Morgan fingerprint density at radius 3 is 2.59 bits per heavy atom. The summed E-state index contributed by atoms with van der Waals surface area (Å²) in [6.07, 6.45) is 1.81. The number of hydrogen-bond acceptors (Lipinski definition) is 6. The van der Waals surface area contributed by atoms with Gasteiger partial charge >= 0.3 is 0 Å². The fraction of sp³-hybridized carbons (Fsp3) is 0.292. The second-order valence-electron chi connectivity index (χ2n) is 7.24. The second kappa shape index (κ2) is 10.4. The molecule has 2 aromatic carbocycles. The van der Waals surface area contributed by atoms with Gasteiger partial charge in [0.1, 0.15) is 0 Å². The van der Waals surface area contributed by atoms with Gasteiger partial charge in [-0.25, -0.2) is 4.99 Å². The average Bonchev–Trinajstić information content (AvgIpc) is 3.04. The van der Waals surface area contributed by atoms with E-state index < -0.39 is 5.91 Å². The number of primary amides is 1. The minimum Gasteiger partial charge on any atom is -0.490 e. The van der Waals surface area contributed by atoms with Crippen LogP contribution in [0.15, 0.2) is 46.3 Å². The van der Waals surface area contributed by atoms with Crippen LogP contribution in [-0.2, 0) is 9.59 Å². The average molecular weight is 454 g/mol. The van der Waals surface area contributed by atoms with Gasteiger partial charge in [0.2, 0.25) is 0 Å². The third kappa shape index (κ3) is 5.50. The van der Waals surface area contributed by atoms with Crippen LogP contribution in [0.5, 0.6) is 11.5 Å². The number of likely N-dealkylation sites (N-methyl/N-ethyl adjacent to an activating group) is 1. The molecule has 32 heavy (non-hydrogen) atoms. The van der Waals surface area contributed by atoms with Gasteiger partial charge in [-0.3, -0.25) is 14.5 Å². The van der Waals surface area contributed by atoms with E-state index >= 15 is 0 Å². The Bertz CT molecular complexity index is 1090. The molecule has 0 spiro atoms. The van der Waals surface area contributed by atoms with Crippen LogP contribution in [0.2, 0.25) is 0 Å². The predicted molar refractivity (Wildman–Crippen MR) is 128 cm³/mol. The molecule has 1 saturated heterocycles. The Morgan fingerprint density at radius 1 is 1.12 bits per heavy atom. The number of hydrogen-bond donors (Lipinski definition) is 1. The first kappa shape index (κ1) is 23.4. The molecule has 0 aromatic heterocycles. The number of aryl methyl sites for hydroxylation is 2. The zero-order chi connectivity index (χ0) is 23.3. The number of thioether (sulfide) groups is 1. The van der Waals surface area contributed by atoms with E-state index in [1.165, 1.54) is 11.8 Å². The fourth-order valence-corrected chi connectivity index (χ4v) is 4.17. The molecule has 7 nitrogen and oxygen atoms in total. The Balaban J connectivity index is 1.92. The largest absolute Gasteiger partial charge is 0.490 e. The Kier molecular flexibility index (Phi) is 7.58. The Morgan fingerprint density at radius 2 is 1.91 bits per heavy atom. The molecule has 0 aliphatic carbocycles. The lowest BCUT2D eigenvalue weighted by Gasteiger charge is -2.13. The van der Waals surface area contributed by atoms with Crippen LogP contribution in [0.25, 0.3) is 6.08 Å². The Labute approximate surface area is 192 Å². The highest BCUT2D eigenvalue weighted by Gasteiger charge is 2.32. The maximum Gasteiger partial charge on any atom is 0.266 e. The van der Waals surface area contributed by atoms with Crippen LogP contribution < -0.4 is 15.2 Å². The molecule has 0 saturated carbocycles. The smallest absolute Gasteiger partial charge is 0.266 e. The van der Waals surface area contributed by atoms with Gasteiger partial charge in [-0.05, 0) is 80.4 Å². The molecule has 1 heterocycles. The van der Waals surface area contributed by atoms with Gasteiger partial charge < -0.3 is 15.2 Å². The van der Waals surface area contributed by atoms with E-state index in [4.69, 9.17) is 20.2 Å². The molecule has 0 radical (unpaired) electrons. The quantitative estimate of drug-likeness (QED) is 0.605. The van der Waals surface area contributed by atoms with Crippen molar-refractivity contribution < 1.29 is 19.1 Å². The van der Waals surface area contributed by atoms with Gasteiger partial charge in [-0.2, -0.15) is 0 Å². The van der Waals surface area contributed by atoms with E-state index in [9.17, 15) is 9.59 Å². The summed E-state index contributed by atoms with van der Waals surface area (Å²) in [5.41, 5.74) is 8.96. The maximum absolute atomic E-state index is 13.0. The summed E-state index contributed by atoms with van der Waals surface area (Å²) in [6.45, 7) is 8.52. The van der Waals surface area contributed by atoms with Crippen molar-refractivity contribution in [2.45, 2.75) is 27.7 Å². The van der Waals surface area contributed by atoms with E-state index in [0.717, 1.165) is 22.4 Å². The monoisotopic (exact) mass is 453 g/mol. The fourth-order valence-electron chi connectivity index (χ4n) is 3.12. The van der Waals surface area contributed by atoms with E-state index in [-0.39, 0.29) is 12.5 Å². The molecule has 1 aliphatic heterocycles. The number of benzene rings is 2. The lowest BCUT2D eigenvalue weighted by Crippen LogP contribution is -2.28. The van der Waals surface area contributed by atoms with Crippen molar-refractivity contribution in [3.8, 4) is 11.5 Å². The molecule has 0 unspecified atom stereocenters. The molecule has 1 fully saturated rings. The zero-order valence-electron chi connectivity index (χ0n) is 18.7. The molecule has 2 aromatic rings. The number of rotatable bonds is 8.